The summed E-state index contributed by atoms with van der Waals surface area (Å²) < 4.78 is 0. The summed E-state index contributed by atoms with van der Waals surface area (Å²) >= 11 is 0. The average Bonchev–Trinajstić information content (AvgIpc) is 2.71. The minimum absolute atomic E-state index is 0.148. The number of amidine groups is 1. The molecule has 0 unspecified atom stereocenters. The van der Waals surface area contributed by atoms with E-state index in [9.17, 15) is 4.79 Å². The second kappa shape index (κ2) is 13.4. The topological polar surface area (TPSA) is 41.5 Å². The fraction of sp³-hybridized carbons (Fsp3) is 0.357. The highest BCUT2D eigenvalue weighted by atomic mass is 16.1. The largest absolute Gasteiger partial charge is 0.310 e. The fourth-order valence-electron chi connectivity index (χ4n) is 3.52. The Morgan fingerprint density at radius 3 is 2.06 bits per heavy atom. The van der Waals surface area contributed by atoms with Crippen LogP contribution in [0.15, 0.2) is 70.8 Å². The first-order chi connectivity index (χ1) is 14.7. The predicted molar refractivity (Wildman–Crippen MR) is 136 cm³/mol. The van der Waals surface area contributed by atoms with Crippen molar-refractivity contribution in [3.05, 3.63) is 88.1 Å². The number of aryl methyl sites for hydroxylation is 3. The normalized spacial score (nSPS) is 14.8. The number of rotatable bonds is 4. The SMILES string of the molecule is C/C=C\C(=C/C)C(=O)NC(C)=N/C(=C\C)c1c(C)cc(C)cc1C.CC1=CCCC=C1. The second-order valence-electron chi connectivity index (χ2n) is 7.77. The minimum atomic E-state index is -0.148. The van der Waals surface area contributed by atoms with Crippen LogP contribution in [0.3, 0.4) is 0 Å². The standard InChI is InChI=1S/C21H28N2O.C7H10/c1-8-11-18(9-2)21(24)23-17(7)22-19(10-3)20-15(5)12-14(4)13-16(20)6;1-7-5-3-2-4-6-7/h8-13H,1-7H3,(H,22,23,24);3,5-6H,2,4H2,1H3/b11-8-,18-9+,19-10-;. The summed E-state index contributed by atoms with van der Waals surface area (Å²) in [7, 11) is 0. The molecule has 0 radical (unpaired) electrons. The lowest BCUT2D eigenvalue weighted by molar-refractivity contribution is -0.115. The quantitative estimate of drug-likeness (QED) is 0.237. The highest BCUT2D eigenvalue weighted by molar-refractivity contribution is 6.07. The summed E-state index contributed by atoms with van der Waals surface area (Å²) in [6.45, 7) is 15.9. The first kappa shape index (κ1) is 26.1. The number of aliphatic imine (C=N–C) groups is 1. The van der Waals surface area contributed by atoms with Gasteiger partial charge >= 0.3 is 0 Å². The molecule has 1 aliphatic rings. The van der Waals surface area contributed by atoms with Gasteiger partial charge in [-0.25, -0.2) is 4.99 Å². The van der Waals surface area contributed by atoms with Crippen LogP contribution in [-0.4, -0.2) is 11.7 Å². The lowest BCUT2D eigenvalue weighted by Crippen LogP contribution is -2.29. The number of nitrogens with zero attached hydrogens (tertiary/aromatic N) is 1. The predicted octanol–water partition coefficient (Wildman–Crippen LogP) is 7.31. The van der Waals surface area contributed by atoms with E-state index in [4.69, 9.17) is 0 Å². The van der Waals surface area contributed by atoms with Gasteiger partial charge in [0.15, 0.2) is 0 Å². The van der Waals surface area contributed by atoms with E-state index in [1.165, 1.54) is 35.1 Å². The van der Waals surface area contributed by atoms with E-state index in [0.717, 1.165) is 11.3 Å². The molecule has 2 rings (SSSR count). The zero-order chi connectivity index (χ0) is 23.4. The zero-order valence-corrected chi connectivity index (χ0v) is 20.5. The van der Waals surface area contributed by atoms with Crippen LogP contribution in [0.25, 0.3) is 5.70 Å². The Bertz CT molecular complexity index is 930. The lowest BCUT2D eigenvalue weighted by Gasteiger charge is -2.13. The minimum Gasteiger partial charge on any atom is -0.310 e. The van der Waals surface area contributed by atoms with Gasteiger partial charge in [0.05, 0.1) is 5.70 Å². The van der Waals surface area contributed by atoms with Crippen molar-refractivity contribution in [1.29, 1.82) is 0 Å². The molecule has 1 aliphatic carbocycles. The third-order valence-corrected chi connectivity index (χ3v) is 4.89. The van der Waals surface area contributed by atoms with Crippen LogP contribution in [0, 0.1) is 20.8 Å². The Morgan fingerprint density at radius 1 is 1.00 bits per heavy atom. The van der Waals surface area contributed by atoms with Gasteiger partial charge in [0.1, 0.15) is 5.84 Å². The second-order valence-corrected chi connectivity index (χ2v) is 7.77. The van der Waals surface area contributed by atoms with Crippen LogP contribution in [0.2, 0.25) is 0 Å². The molecule has 1 aromatic rings. The van der Waals surface area contributed by atoms with Crippen LogP contribution in [-0.2, 0) is 4.79 Å². The summed E-state index contributed by atoms with van der Waals surface area (Å²) in [4.78, 5) is 16.9. The molecule has 0 aromatic heterocycles. The van der Waals surface area contributed by atoms with Gasteiger partial charge in [0.2, 0.25) is 0 Å². The molecule has 31 heavy (non-hydrogen) atoms. The van der Waals surface area contributed by atoms with Gasteiger partial charge < -0.3 is 5.32 Å². The molecule has 0 spiro atoms. The Hall–Kier alpha value is -2.94. The molecule has 0 bridgehead atoms. The van der Waals surface area contributed by atoms with Crippen molar-refractivity contribution in [2.45, 2.75) is 68.2 Å². The summed E-state index contributed by atoms with van der Waals surface area (Å²) in [5, 5.41) is 2.85. The number of hydrogen-bond acceptors (Lipinski definition) is 2. The van der Waals surface area contributed by atoms with Gasteiger partial charge in [0.25, 0.3) is 5.91 Å². The maximum absolute atomic E-state index is 12.2. The molecule has 3 heteroatoms. The molecule has 0 aliphatic heterocycles. The molecule has 1 N–H and O–H groups in total. The van der Waals surface area contributed by atoms with E-state index in [-0.39, 0.29) is 5.91 Å². The van der Waals surface area contributed by atoms with Crippen LogP contribution in [0.4, 0.5) is 0 Å². The summed E-state index contributed by atoms with van der Waals surface area (Å²) in [5.41, 5.74) is 7.63. The van der Waals surface area contributed by atoms with Crippen molar-refractivity contribution >= 4 is 17.4 Å². The van der Waals surface area contributed by atoms with Crippen LogP contribution < -0.4 is 5.32 Å². The van der Waals surface area contributed by atoms with Gasteiger partial charge in [-0.05, 0) is 79.4 Å². The van der Waals surface area contributed by atoms with Crippen LogP contribution in [0.5, 0.6) is 0 Å². The highest BCUT2D eigenvalue weighted by Gasteiger charge is 2.10. The van der Waals surface area contributed by atoms with Crippen molar-refractivity contribution in [3.8, 4) is 0 Å². The Labute approximate surface area is 189 Å². The van der Waals surface area contributed by atoms with Crippen molar-refractivity contribution in [3.63, 3.8) is 0 Å². The molecular formula is C28H38N2O. The molecule has 0 fully saturated rings. The first-order valence-electron chi connectivity index (χ1n) is 11.0. The molecule has 0 saturated carbocycles. The third kappa shape index (κ3) is 8.75. The summed E-state index contributed by atoms with van der Waals surface area (Å²) in [6.07, 6.45) is 16.5. The molecule has 166 valence electrons. The maximum atomic E-state index is 12.2. The van der Waals surface area contributed by atoms with Crippen molar-refractivity contribution in [2.24, 2.45) is 4.99 Å². The van der Waals surface area contributed by atoms with Gasteiger partial charge in [-0.3, -0.25) is 4.79 Å². The van der Waals surface area contributed by atoms with Gasteiger partial charge in [-0.2, -0.15) is 0 Å². The smallest absolute Gasteiger partial charge is 0.256 e. The first-order valence-corrected chi connectivity index (χ1v) is 11.0. The molecule has 0 saturated heterocycles. The van der Waals surface area contributed by atoms with Crippen LogP contribution in [0.1, 0.15) is 69.7 Å². The number of benzene rings is 1. The molecule has 1 aromatic carbocycles. The van der Waals surface area contributed by atoms with Crippen molar-refractivity contribution in [1.82, 2.24) is 5.32 Å². The zero-order valence-electron chi connectivity index (χ0n) is 20.5. The van der Waals surface area contributed by atoms with Crippen molar-refractivity contribution in [2.75, 3.05) is 0 Å². The molecule has 1 amide bonds. The number of hydrogen-bond donors (Lipinski definition) is 1. The number of nitrogens with one attached hydrogen (secondary N) is 1. The average molecular weight is 419 g/mol. The van der Waals surface area contributed by atoms with Crippen LogP contribution >= 0.6 is 0 Å². The molecule has 0 heterocycles. The van der Waals surface area contributed by atoms with Gasteiger partial charge in [0, 0.05) is 11.1 Å². The van der Waals surface area contributed by atoms with E-state index in [1.54, 1.807) is 12.2 Å². The number of allylic oxidation sites excluding steroid dienone is 7. The lowest BCUT2D eigenvalue weighted by atomic mass is 9.97. The maximum Gasteiger partial charge on any atom is 0.256 e. The van der Waals surface area contributed by atoms with E-state index in [1.807, 2.05) is 39.8 Å². The third-order valence-electron chi connectivity index (χ3n) is 4.89. The monoisotopic (exact) mass is 418 g/mol. The van der Waals surface area contributed by atoms with E-state index in [0.29, 0.717) is 11.4 Å². The van der Waals surface area contributed by atoms with E-state index < -0.39 is 0 Å². The summed E-state index contributed by atoms with van der Waals surface area (Å²) in [6, 6.07) is 4.30. The Morgan fingerprint density at radius 2 is 1.65 bits per heavy atom. The highest BCUT2D eigenvalue weighted by Crippen LogP contribution is 2.25. The number of carbonyl (C=O) groups is 1. The fourth-order valence-corrected chi connectivity index (χ4v) is 3.52. The molecular weight excluding hydrogens is 380 g/mol. The number of carbonyl (C=O) groups excluding carboxylic acids is 1. The summed E-state index contributed by atoms with van der Waals surface area (Å²) in [5.74, 6) is 0.431. The Kier molecular flexibility index (Phi) is 11.3. The van der Waals surface area contributed by atoms with Gasteiger partial charge in [-0.1, -0.05) is 65.8 Å². The van der Waals surface area contributed by atoms with Gasteiger partial charge in [-0.15, -0.1) is 0 Å². The molecule has 3 nitrogen and oxygen atoms in total. The van der Waals surface area contributed by atoms with E-state index in [2.05, 4.69) is 68.4 Å². The Balaban J connectivity index is 0.000000577. The molecule has 0 atom stereocenters. The van der Waals surface area contributed by atoms with Crippen molar-refractivity contribution < 1.29 is 4.79 Å². The van der Waals surface area contributed by atoms with E-state index >= 15 is 0 Å². The number of amides is 1.